The smallest absolute Gasteiger partial charge is 0.243 e. The second-order valence-electron chi connectivity index (χ2n) is 5.76. The molecular weight excluding hydrogens is 340 g/mol. The van der Waals surface area contributed by atoms with Crippen molar-refractivity contribution >= 4 is 33.4 Å². The molecule has 2 heterocycles. The van der Waals surface area contributed by atoms with Gasteiger partial charge >= 0.3 is 0 Å². The highest BCUT2D eigenvalue weighted by molar-refractivity contribution is 7.99. The Kier molecular flexibility index (Phi) is 5.35. The second kappa shape index (κ2) is 7.09. The normalized spacial score (nSPS) is 25.2. The van der Waals surface area contributed by atoms with Crippen LogP contribution < -0.4 is 0 Å². The first-order valence-corrected chi connectivity index (χ1v) is 10.6. The lowest BCUT2D eigenvalue weighted by molar-refractivity contribution is 0.223. The van der Waals surface area contributed by atoms with E-state index in [2.05, 4.69) is 4.90 Å². The summed E-state index contributed by atoms with van der Waals surface area (Å²) in [6.45, 7) is 3.00. The highest BCUT2D eigenvalue weighted by atomic mass is 35.5. The van der Waals surface area contributed by atoms with Crippen LogP contribution in [0.1, 0.15) is 12.8 Å². The summed E-state index contributed by atoms with van der Waals surface area (Å²) in [5.41, 5.74) is 0. The van der Waals surface area contributed by atoms with Crippen molar-refractivity contribution in [2.24, 2.45) is 0 Å². The fraction of sp³-hybridized carbons (Fsp3) is 0.600. The van der Waals surface area contributed by atoms with Crippen LogP contribution in [0.25, 0.3) is 0 Å². The summed E-state index contributed by atoms with van der Waals surface area (Å²) < 4.78 is 27.1. The fourth-order valence-electron chi connectivity index (χ4n) is 3.08. The average Bonchev–Trinajstić information content (AvgIpc) is 2.92. The molecule has 1 aromatic rings. The maximum Gasteiger partial charge on any atom is 0.243 e. The van der Waals surface area contributed by atoms with Crippen molar-refractivity contribution in [2.45, 2.75) is 23.8 Å². The third-order valence-electron chi connectivity index (χ3n) is 4.36. The number of nitrogens with zero attached hydrogens (tertiary/aromatic N) is 2. The molecular formula is C15H21ClN2O2S2. The van der Waals surface area contributed by atoms with Crippen LogP contribution in [-0.2, 0) is 10.0 Å². The Morgan fingerprint density at radius 1 is 1.09 bits per heavy atom. The van der Waals surface area contributed by atoms with Crippen LogP contribution in [0.4, 0.5) is 0 Å². The Hall–Kier alpha value is -0.270. The molecule has 0 aromatic heterocycles. The molecule has 2 saturated heterocycles. The summed E-state index contributed by atoms with van der Waals surface area (Å²) in [7, 11) is -3.41. The molecule has 1 aromatic carbocycles. The third kappa shape index (κ3) is 3.62. The number of rotatable bonds is 3. The first-order valence-electron chi connectivity index (χ1n) is 7.65. The molecule has 0 spiro atoms. The summed E-state index contributed by atoms with van der Waals surface area (Å²) in [5.74, 6) is 2.41. The van der Waals surface area contributed by atoms with E-state index in [0.717, 1.165) is 19.5 Å². The SMILES string of the molecule is O=S(=O)(c1ccc(Cl)cc1)N1CCCN(C2CCSC2)CC1. The number of sulfonamides is 1. The molecule has 0 aliphatic carbocycles. The lowest BCUT2D eigenvalue weighted by Crippen LogP contribution is -2.39. The lowest BCUT2D eigenvalue weighted by atomic mass is 10.2. The average molecular weight is 361 g/mol. The molecule has 4 nitrogen and oxygen atoms in total. The van der Waals surface area contributed by atoms with Crippen LogP contribution in [0.2, 0.25) is 5.02 Å². The van der Waals surface area contributed by atoms with Gasteiger partial charge in [-0.05, 0) is 49.4 Å². The highest BCUT2D eigenvalue weighted by Gasteiger charge is 2.30. The van der Waals surface area contributed by atoms with Crippen LogP contribution in [-0.4, -0.2) is 61.3 Å². The van der Waals surface area contributed by atoms with Crippen molar-refractivity contribution in [2.75, 3.05) is 37.7 Å². The zero-order valence-electron chi connectivity index (χ0n) is 12.4. The maximum absolute atomic E-state index is 12.7. The van der Waals surface area contributed by atoms with E-state index in [0.29, 0.717) is 29.0 Å². The summed E-state index contributed by atoms with van der Waals surface area (Å²) in [6, 6.07) is 7.08. The molecule has 3 rings (SSSR count). The van der Waals surface area contributed by atoms with Crippen molar-refractivity contribution < 1.29 is 8.42 Å². The Morgan fingerprint density at radius 3 is 2.55 bits per heavy atom. The maximum atomic E-state index is 12.7. The van der Waals surface area contributed by atoms with Crippen molar-refractivity contribution in [3.63, 3.8) is 0 Å². The van der Waals surface area contributed by atoms with Crippen molar-refractivity contribution in [1.82, 2.24) is 9.21 Å². The Morgan fingerprint density at radius 2 is 1.86 bits per heavy atom. The number of benzene rings is 1. The monoisotopic (exact) mass is 360 g/mol. The predicted octanol–water partition coefficient (Wildman–Crippen LogP) is 2.54. The van der Waals surface area contributed by atoms with Crippen LogP contribution in [0, 0.1) is 0 Å². The quantitative estimate of drug-likeness (QED) is 0.830. The Bertz CT molecular complexity index is 600. The Balaban J connectivity index is 1.70. The van der Waals surface area contributed by atoms with Crippen molar-refractivity contribution in [1.29, 1.82) is 0 Å². The highest BCUT2D eigenvalue weighted by Crippen LogP contribution is 2.25. The molecule has 0 N–H and O–H groups in total. The second-order valence-corrected chi connectivity index (χ2v) is 9.29. The van der Waals surface area contributed by atoms with Crippen LogP contribution >= 0.6 is 23.4 Å². The molecule has 2 aliphatic rings. The minimum absolute atomic E-state index is 0.335. The first kappa shape index (κ1) is 16.6. The van der Waals surface area contributed by atoms with Gasteiger partial charge in [0, 0.05) is 36.5 Å². The molecule has 1 unspecified atom stereocenters. The zero-order chi connectivity index (χ0) is 15.6. The summed E-state index contributed by atoms with van der Waals surface area (Å²) >= 11 is 7.85. The summed E-state index contributed by atoms with van der Waals surface area (Å²) in [5, 5.41) is 0.555. The number of halogens is 1. The van der Waals surface area contributed by atoms with E-state index in [9.17, 15) is 8.42 Å². The van der Waals surface area contributed by atoms with E-state index in [-0.39, 0.29) is 0 Å². The molecule has 2 aliphatic heterocycles. The van der Waals surface area contributed by atoms with Gasteiger partial charge in [0.1, 0.15) is 0 Å². The molecule has 0 radical (unpaired) electrons. The van der Waals surface area contributed by atoms with Gasteiger partial charge in [-0.25, -0.2) is 8.42 Å². The molecule has 7 heteroatoms. The largest absolute Gasteiger partial charge is 0.298 e. The first-order chi connectivity index (χ1) is 10.6. The number of hydrogen-bond donors (Lipinski definition) is 0. The molecule has 0 saturated carbocycles. The molecule has 122 valence electrons. The minimum Gasteiger partial charge on any atom is -0.298 e. The van der Waals surface area contributed by atoms with Gasteiger partial charge in [0.05, 0.1) is 4.90 Å². The van der Waals surface area contributed by atoms with E-state index in [1.165, 1.54) is 17.9 Å². The minimum atomic E-state index is -3.41. The molecule has 2 fully saturated rings. The standard InChI is InChI=1S/C15H21ClN2O2S2/c16-13-2-4-15(5-3-13)22(19,20)18-8-1-7-17(9-10-18)14-6-11-21-12-14/h2-5,14H,1,6-12H2. The summed E-state index contributed by atoms with van der Waals surface area (Å²) in [4.78, 5) is 2.80. The molecule has 0 bridgehead atoms. The third-order valence-corrected chi connectivity index (χ3v) is 7.67. The van der Waals surface area contributed by atoms with Gasteiger partial charge in [0.25, 0.3) is 0 Å². The Labute approximate surface area is 141 Å². The van der Waals surface area contributed by atoms with Gasteiger partial charge in [-0.15, -0.1) is 0 Å². The lowest BCUT2D eigenvalue weighted by Gasteiger charge is -2.26. The van der Waals surface area contributed by atoms with Gasteiger partial charge < -0.3 is 0 Å². The predicted molar refractivity (Wildman–Crippen MR) is 92.1 cm³/mol. The van der Waals surface area contributed by atoms with Crippen LogP contribution in [0.15, 0.2) is 29.2 Å². The van der Waals surface area contributed by atoms with Crippen molar-refractivity contribution in [3.8, 4) is 0 Å². The zero-order valence-corrected chi connectivity index (χ0v) is 14.8. The van der Waals surface area contributed by atoms with Crippen molar-refractivity contribution in [3.05, 3.63) is 29.3 Å². The van der Waals surface area contributed by atoms with Gasteiger partial charge in [0.2, 0.25) is 10.0 Å². The van der Waals surface area contributed by atoms with E-state index < -0.39 is 10.0 Å². The van der Waals surface area contributed by atoms with E-state index in [1.54, 1.807) is 28.6 Å². The number of thioether (sulfide) groups is 1. The van der Waals surface area contributed by atoms with Crippen LogP contribution in [0.3, 0.4) is 0 Å². The van der Waals surface area contributed by atoms with Gasteiger partial charge in [0.15, 0.2) is 0 Å². The van der Waals surface area contributed by atoms with Crippen LogP contribution in [0.5, 0.6) is 0 Å². The van der Waals surface area contributed by atoms with E-state index in [4.69, 9.17) is 11.6 Å². The number of hydrogen-bond acceptors (Lipinski definition) is 4. The van der Waals surface area contributed by atoms with Gasteiger partial charge in [-0.1, -0.05) is 11.6 Å². The van der Waals surface area contributed by atoms with Gasteiger partial charge in [-0.2, -0.15) is 16.1 Å². The fourth-order valence-corrected chi connectivity index (χ4v) is 5.94. The molecule has 22 heavy (non-hydrogen) atoms. The molecule has 1 atom stereocenters. The molecule has 0 amide bonds. The topological polar surface area (TPSA) is 40.6 Å². The summed E-state index contributed by atoms with van der Waals surface area (Å²) in [6.07, 6.45) is 2.13. The van der Waals surface area contributed by atoms with E-state index >= 15 is 0 Å². The van der Waals surface area contributed by atoms with E-state index in [1.807, 2.05) is 11.8 Å². The van der Waals surface area contributed by atoms with Gasteiger partial charge in [-0.3, -0.25) is 4.90 Å².